The first-order valence-corrected chi connectivity index (χ1v) is 9.08. The third-order valence-corrected chi connectivity index (χ3v) is 4.64. The van der Waals surface area contributed by atoms with Crippen molar-refractivity contribution in [1.82, 2.24) is 4.98 Å². The number of carbonyl (C=O) groups excluding carboxylic acids is 1. The molecule has 0 bridgehead atoms. The molecule has 0 saturated heterocycles. The number of fused-ring (bicyclic) bond motifs is 1. The number of sulfone groups is 1. The molecule has 2 aromatic carbocycles. The van der Waals surface area contributed by atoms with Crippen LogP contribution in [0.2, 0.25) is 0 Å². The maximum atomic E-state index is 12.8. The van der Waals surface area contributed by atoms with Crippen LogP contribution in [0.1, 0.15) is 15.9 Å². The van der Waals surface area contributed by atoms with Crippen molar-refractivity contribution >= 4 is 26.5 Å². The number of ether oxygens (including phenoxy) is 1. The molecule has 5 nitrogen and oxygen atoms in total. The molecule has 122 valence electrons. The predicted octanol–water partition coefficient (Wildman–Crippen LogP) is 2.88. The molecule has 0 aliphatic heterocycles. The highest BCUT2D eigenvalue weighted by Crippen LogP contribution is 2.25. The second-order valence-electron chi connectivity index (χ2n) is 5.37. The summed E-state index contributed by atoms with van der Waals surface area (Å²) in [7, 11) is -2.15. The van der Waals surface area contributed by atoms with Crippen molar-refractivity contribution in [1.29, 1.82) is 0 Å². The molecule has 0 unspecified atom stereocenters. The first-order chi connectivity index (χ1) is 11.4. The van der Waals surface area contributed by atoms with Gasteiger partial charge in [0, 0.05) is 23.3 Å². The van der Waals surface area contributed by atoms with E-state index in [2.05, 4.69) is 4.98 Å². The van der Waals surface area contributed by atoms with E-state index in [1.165, 1.54) is 7.11 Å². The van der Waals surface area contributed by atoms with Crippen LogP contribution in [0, 0.1) is 0 Å². The molecular formula is C18H15NO4S. The van der Waals surface area contributed by atoms with E-state index in [1.807, 2.05) is 0 Å². The summed E-state index contributed by atoms with van der Waals surface area (Å²) >= 11 is 0. The predicted molar refractivity (Wildman–Crippen MR) is 91.3 cm³/mol. The van der Waals surface area contributed by atoms with Crippen molar-refractivity contribution in [3.8, 4) is 5.75 Å². The van der Waals surface area contributed by atoms with Crippen LogP contribution in [-0.4, -0.2) is 32.6 Å². The van der Waals surface area contributed by atoms with E-state index < -0.39 is 9.84 Å². The molecule has 0 fully saturated rings. The van der Waals surface area contributed by atoms with Crippen LogP contribution in [0.25, 0.3) is 10.9 Å². The standard InChI is InChI=1S/C18H15NO4S/c1-23-14-9-8-13-10-15(17(20)12-6-4-3-5-7-12)18(24(2,21)22)19-16(13)11-14/h3-11H,1-2H3. The molecule has 0 aliphatic rings. The fourth-order valence-electron chi connectivity index (χ4n) is 2.45. The highest BCUT2D eigenvalue weighted by Gasteiger charge is 2.22. The van der Waals surface area contributed by atoms with Gasteiger partial charge in [0.1, 0.15) is 5.75 Å². The SMILES string of the molecule is COc1ccc2cc(C(=O)c3ccccc3)c(S(C)(=O)=O)nc2c1. The lowest BCUT2D eigenvalue weighted by molar-refractivity contribution is 0.103. The zero-order valence-corrected chi connectivity index (χ0v) is 14.0. The summed E-state index contributed by atoms with van der Waals surface area (Å²) in [5.74, 6) is 0.192. The minimum absolute atomic E-state index is 0.0707. The first kappa shape index (κ1) is 16.1. The van der Waals surface area contributed by atoms with Gasteiger partial charge in [-0.2, -0.15) is 0 Å². The maximum Gasteiger partial charge on any atom is 0.195 e. The number of hydrogen-bond donors (Lipinski definition) is 0. The molecule has 0 atom stereocenters. The number of carbonyl (C=O) groups is 1. The monoisotopic (exact) mass is 341 g/mol. The normalized spacial score (nSPS) is 11.4. The number of aromatic nitrogens is 1. The van der Waals surface area contributed by atoms with Gasteiger partial charge in [-0.3, -0.25) is 4.79 Å². The van der Waals surface area contributed by atoms with E-state index in [-0.39, 0.29) is 16.4 Å². The van der Waals surface area contributed by atoms with Crippen LogP contribution in [0.5, 0.6) is 5.75 Å². The molecular weight excluding hydrogens is 326 g/mol. The van der Waals surface area contributed by atoms with Crippen molar-refractivity contribution in [2.45, 2.75) is 5.03 Å². The topological polar surface area (TPSA) is 73.3 Å². The quantitative estimate of drug-likeness (QED) is 0.682. The number of benzene rings is 2. The number of ketones is 1. The van der Waals surface area contributed by atoms with Crippen LogP contribution in [0.4, 0.5) is 0 Å². The Bertz CT molecular complexity index is 1030. The average molecular weight is 341 g/mol. The minimum atomic E-state index is -3.67. The lowest BCUT2D eigenvalue weighted by Crippen LogP contribution is -2.12. The van der Waals surface area contributed by atoms with Crippen LogP contribution in [0.15, 0.2) is 59.6 Å². The average Bonchev–Trinajstić information content (AvgIpc) is 2.59. The summed E-state index contributed by atoms with van der Waals surface area (Å²) in [6, 6.07) is 15.2. The second-order valence-corrected chi connectivity index (χ2v) is 7.30. The summed E-state index contributed by atoms with van der Waals surface area (Å²) in [4.78, 5) is 17.0. The summed E-state index contributed by atoms with van der Waals surface area (Å²) in [6.45, 7) is 0. The Morgan fingerprint density at radius 3 is 2.38 bits per heavy atom. The lowest BCUT2D eigenvalue weighted by Gasteiger charge is -2.10. The molecule has 0 saturated carbocycles. The Balaban J connectivity index is 2.28. The molecule has 1 aromatic heterocycles. The van der Waals surface area contributed by atoms with Gasteiger partial charge in [0.25, 0.3) is 0 Å². The van der Waals surface area contributed by atoms with Crippen molar-refractivity contribution in [2.75, 3.05) is 13.4 Å². The Hall–Kier alpha value is -2.73. The van der Waals surface area contributed by atoms with Crippen LogP contribution in [-0.2, 0) is 9.84 Å². The number of nitrogens with zero attached hydrogens (tertiary/aromatic N) is 1. The van der Waals surface area contributed by atoms with Gasteiger partial charge in [-0.15, -0.1) is 0 Å². The van der Waals surface area contributed by atoms with Gasteiger partial charge < -0.3 is 4.74 Å². The number of hydrogen-bond acceptors (Lipinski definition) is 5. The van der Waals surface area contributed by atoms with Gasteiger partial charge in [-0.25, -0.2) is 13.4 Å². The van der Waals surface area contributed by atoms with Crippen molar-refractivity contribution in [3.05, 3.63) is 65.7 Å². The largest absolute Gasteiger partial charge is 0.497 e. The number of pyridine rings is 1. The van der Waals surface area contributed by atoms with Gasteiger partial charge in [-0.05, 0) is 18.2 Å². The molecule has 24 heavy (non-hydrogen) atoms. The Morgan fingerprint density at radius 2 is 1.75 bits per heavy atom. The van der Waals surface area contributed by atoms with E-state index in [0.29, 0.717) is 22.2 Å². The van der Waals surface area contributed by atoms with Crippen LogP contribution < -0.4 is 4.74 Å². The molecule has 3 aromatic rings. The van der Waals surface area contributed by atoms with E-state index in [9.17, 15) is 13.2 Å². The molecule has 0 amide bonds. The molecule has 1 heterocycles. The van der Waals surface area contributed by atoms with Gasteiger partial charge in [0.15, 0.2) is 20.6 Å². The fourth-order valence-corrected chi connectivity index (χ4v) is 3.26. The summed E-state index contributed by atoms with van der Waals surface area (Å²) in [5, 5.41) is 0.444. The highest BCUT2D eigenvalue weighted by molar-refractivity contribution is 7.90. The minimum Gasteiger partial charge on any atom is -0.497 e. The molecule has 6 heteroatoms. The second kappa shape index (κ2) is 6.05. The van der Waals surface area contributed by atoms with Gasteiger partial charge in [0.05, 0.1) is 18.2 Å². The summed E-state index contributed by atoms with van der Waals surface area (Å²) < 4.78 is 29.4. The molecule has 0 aliphatic carbocycles. The number of methoxy groups -OCH3 is 1. The maximum absolute atomic E-state index is 12.8. The lowest BCUT2D eigenvalue weighted by atomic mass is 10.0. The molecule has 3 rings (SSSR count). The van der Waals surface area contributed by atoms with Gasteiger partial charge >= 0.3 is 0 Å². The Kier molecular flexibility index (Phi) is 4.07. The van der Waals surface area contributed by atoms with Crippen LogP contribution >= 0.6 is 0 Å². The van der Waals surface area contributed by atoms with Crippen molar-refractivity contribution < 1.29 is 17.9 Å². The van der Waals surface area contributed by atoms with E-state index in [1.54, 1.807) is 54.6 Å². The molecule has 0 radical (unpaired) electrons. The molecule has 0 spiro atoms. The summed E-state index contributed by atoms with van der Waals surface area (Å²) in [5.41, 5.74) is 0.942. The van der Waals surface area contributed by atoms with Gasteiger partial charge in [0.2, 0.25) is 0 Å². The van der Waals surface area contributed by atoms with E-state index in [4.69, 9.17) is 4.74 Å². The smallest absolute Gasteiger partial charge is 0.195 e. The van der Waals surface area contributed by atoms with Gasteiger partial charge in [-0.1, -0.05) is 30.3 Å². The number of rotatable bonds is 4. The third-order valence-electron chi connectivity index (χ3n) is 3.62. The zero-order chi connectivity index (χ0) is 17.3. The Morgan fingerprint density at radius 1 is 1.04 bits per heavy atom. The van der Waals surface area contributed by atoms with Crippen molar-refractivity contribution in [2.24, 2.45) is 0 Å². The van der Waals surface area contributed by atoms with E-state index in [0.717, 1.165) is 6.26 Å². The molecule has 0 N–H and O–H groups in total. The Labute approximate surface area is 139 Å². The van der Waals surface area contributed by atoms with Crippen molar-refractivity contribution in [3.63, 3.8) is 0 Å². The zero-order valence-electron chi connectivity index (χ0n) is 13.2. The summed E-state index contributed by atoms with van der Waals surface area (Å²) in [6.07, 6.45) is 1.04. The van der Waals surface area contributed by atoms with Crippen LogP contribution in [0.3, 0.4) is 0 Å². The highest BCUT2D eigenvalue weighted by atomic mass is 32.2. The third kappa shape index (κ3) is 3.00. The fraction of sp³-hybridized carbons (Fsp3) is 0.111. The first-order valence-electron chi connectivity index (χ1n) is 7.19. The van der Waals surface area contributed by atoms with E-state index >= 15 is 0 Å².